The highest BCUT2D eigenvalue weighted by atomic mass is 16.5. The Bertz CT molecular complexity index is 216. The molecule has 15 heavy (non-hydrogen) atoms. The predicted molar refractivity (Wildman–Crippen MR) is 59.9 cm³/mol. The molecule has 0 aromatic carbocycles. The molecule has 4 heteroatoms. The Labute approximate surface area is 91.5 Å². The standard InChI is InChI=1S/C11H21NO3/c1-9(2)7-12(5-6-15-4)8-10(3)11(13)14/h10H,1,5-8H2,2-4H3,(H,13,14). The molecule has 1 N–H and O–H groups in total. The van der Waals surface area contributed by atoms with E-state index in [4.69, 9.17) is 9.84 Å². The molecule has 1 atom stereocenters. The molecule has 0 aromatic heterocycles. The van der Waals surface area contributed by atoms with Crippen LogP contribution in [0, 0.1) is 5.92 Å². The fourth-order valence-corrected chi connectivity index (χ4v) is 1.30. The van der Waals surface area contributed by atoms with Crippen molar-refractivity contribution in [3.8, 4) is 0 Å². The minimum absolute atomic E-state index is 0.360. The molecule has 0 amide bonds. The van der Waals surface area contributed by atoms with Crippen LogP contribution in [0.25, 0.3) is 0 Å². The fraction of sp³-hybridized carbons (Fsp3) is 0.727. The second-order valence-corrected chi connectivity index (χ2v) is 3.92. The third kappa shape index (κ3) is 7.11. The lowest BCUT2D eigenvalue weighted by atomic mass is 10.1. The molecule has 0 saturated carbocycles. The molecular formula is C11H21NO3. The van der Waals surface area contributed by atoms with Crippen molar-refractivity contribution in [1.82, 2.24) is 4.90 Å². The van der Waals surface area contributed by atoms with Crippen molar-refractivity contribution in [1.29, 1.82) is 0 Å². The van der Waals surface area contributed by atoms with Gasteiger partial charge < -0.3 is 9.84 Å². The molecular weight excluding hydrogens is 194 g/mol. The SMILES string of the molecule is C=C(C)CN(CCOC)CC(C)C(=O)O. The normalized spacial score (nSPS) is 12.8. The Kier molecular flexibility index (Phi) is 6.99. The van der Waals surface area contributed by atoms with Crippen LogP contribution in [0.4, 0.5) is 0 Å². The van der Waals surface area contributed by atoms with Gasteiger partial charge in [0.05, 0.1) is 12.5 Å². The minimum atomic E-state index is -0.765. The lowest BCUT2D eigenvalue weighted by molar-refractivity contribution is -0.141. The van der Waals surface area contributed by atoms with Crippen LogP contribution in [0.3, 0.4) is 0 Å². The van der Waals surface area contributed by atoms with Crippen molar-refractivity contribution in [3.63, 3.8) is 0 Å². The van der Waals surface area contributed by atoms with Gasteiger partial charge in [0, 0.05) is 26.7 Å². The first-order chi connectivity index (χ1) is 6.97. The van der Waals surface area contributed by atoms with Gasteiger partial charge in [-0.1, -0.05) is 19.1 Å². The highest BCUT2D eigenvalue weighted by molar-refractivity contribution is 5.69. The summed E-state index contributed by atoms with van der Waals surface area (Å²) in [5.74, 6) is -1.12. The average molecular weight is 215 g/mol. The van der Waals surface area contributed by atoms with Gasteiger partial charge >= 0.3 is 5.97 Å². The van der Waals surface area contributed by atoms with E-state index in [9.17, 15) is 4.79 Å². The third-order valence-corrected chi connectivity index (χ3v) is 2.06. The number of hydrogen-bond donors (Lipinski definition) is 1. The van der Waals surface area contributed by atoms with Gasteiger partial charge in [0.15, 0.2) is 0 Å². The Morgan fingerprint density at radius 3 is 2.60 bits per heavy atom. The van der Waals surface area contributed by atoms with E-state index in [0.717, 1.165) is 18.7 Å². The summed E-state index contributed by atoms with van der Waals surface area (Å²) >= 11 is 0. The molecule has 0 rings (SSSR count). The summed E-state index contributed by atoms with van der Waals surface area (Å²) in [4.78, 5) is 12.8. The van der Waals surface area contributed by atoms with Crippen molar-refractivity contribution >= 4 is 5.97 Å². The molecule has 0 heterocycles. The predicted octanol–water partition coefficient (Wildman–Crippen LogP) is 1.23. The highest BCUT2D eigenvalue weighted by Crippen LogP contribution is 2.03. The average Bonchev–Trinajstić information content (AvgIpc) is 2.13. The van der Waals surface area contributed by atoms with E-state index in [2.05, 4.69) is 6.58 Å². The van der Waals surface area contributed by atoms with E-state index in [1.54, 1.807) is 14.0 Å². The highest BCUT2D eigenvalue weighted by Gasteiger charge is 2.15. The summed E-state index contributed by atoms with van der Waals surface area (Å²) in [6.45, 7) is 10.1. The Morgan fingerprint density at radius 1 is 1.60 bits per heavy atom. The van der Waals surface area contributed by atoms with Crippen LogP contribution in [-0.4, -0.2) is 49.3 Å². The minimum Gasteiger partial charge on any atom is -0.481 e. The Hall–Kier alpha value is -0.870. The van der Waals surface area contributed by atoms with Gasteiger partial charge in [-0.2, -0.15) is 0 Å². The lowest BCUT2D eigenvalue weighted by Crippen LogP contribution is -2.35. The van der Waals surface area contributed by atoms with Gasteiger partial charge in [-0.3, -0.25) is 9.69 Å². The summed E-state index contributed by atoms with van der Waals surface area (Å²) in [5, 5.41) is 8.81. The molecule has 0 aliphatic heterocycles. The molecule has 0 saturated heterocycles. The zero-order chi connectivity index (χ0) is 11.8. The van der Waals surface area contributed by atoms with Gasteiger partial charge in [-0.05, 0) is 6.92 Å². The quantitative estimate of drug-likeness (QED) is 0.619. The molecule has 4 nitrogen and oxygen atoms in total. The van der Waals surface area contributed by atoms with E-state index in [1.165, 1.54) is 0 Å². The van der Waals surface area contributed by atoms with Gasteiger partial charge in [-0.15, -0.1) is 0 Å². The number of carboxylic acids is 1. The van der Waals surface area contributed by atoms with E-state index < -0.39 is 5.97 Å². The zero-order valence-electron chi connectivity index (χ0n) is 9.82. The number of methoxy groups -OCH3 is 1. The van der Waals surface area contributed by atoms with Crippen molar-refractivity contribution in [2.75, 3.05) is 33.4 Å². The zero-order valence-corrected chi connectivity index (χ0v) is 9.82. The molecule has 88 valence electrons. The molecule has 0 radical (unpaired) electrons. The van der Waals surface area contributed by atoms with Crippen LogP contribution in [-0.2, 0) is 9.53 Å². The number of aliphatic carboxylic acids is 1. The largest absolute Gasteiger partial charge is 0.481 e. The van der Waals surface area contributed by atoms with Gasteiger partial charge in [0.2, 0.25) is 0 Å². The molecule has 0 aliphatic carbocycles. The molecule has 1 unspecified atom stereocenters. The molecule has 0 spiro atoms. The van der Waals surface area contributed by atoms with Crippen molar-refractivity contribution in [3.05, 3.63) is 12.2 Å². The van der Waals surface area contributed by atoms with Crippen molar-refractivity contribution in [2.45, 2.75) is 13.8 Å². The second-order valence-electron chi connectivity index (χ2n) is 3.92. The first-order valence-electron chi connectivity index (χ1n) is 5.05. The topological polar surface area (TPSA) is 49.8 Å². The summed E-state index contributed by atoms with van der Waals surface area (Å²) in [5.41, 5.74) is 1.03. The lowest BCUT2D eigenvalue weighted by Gasteiger charge is -2.23. The van der Waals surface area contributed by atoms with Crippen molar-refractivity contribution < 1.29 is 14.6 Å². The van der Waals surface area contributed by atoms with Gasteiger partial charge in [0.25, 0.3) is 0 Å². The Morgan fingerprint density at radius 2 is 2.20 bits per heavy atom. The van der Waals surface area contributed by atoms with E-state index in [1.807, 2.05) is 11.8 Å². The summed E-state index contributed by atoms with van der Waals surface area (Å²) in [6.07, 6.45) is 0. The van der Waals surface area contributed by atoms with E-state index in [-0.39, 0.29) is 5.92 Å². The van der Waals surface area contributed by atoms with Gasteiger partial charge in [-0.25, -0.2) is 0 Å². The number of carbonyl (C=O) groups is 1. The summed E-state index contributed by atoms with van der Waals surface area (Å²) in [6, 6.07) is 0. The van der Waals surface area contributed by atoms with Crippen LogP contribution in [0.2, 0.25) is 0 Å². The number of ether oxygens (including phenoxy) is 1. The first-order valence-corrected chi connectivity index (χ1v) is 5.05. The third-order valence-electron chi connectivity index (χ3n) is 2.06. The molecule has 0 bridgehead atoms. The van der Waals surface area contributed by atoms with Crippen LogP contribution in [0.1, 0.15) is 13.8 Å². The maximum atomic E-state index is 10.7. The number of carboxylic acid groups (broad SMARTS) is 1. The molecule has 0 fully saturated rings. The van der Waals surface area contributed by atoms with E-state index in [0.29, 0.717) is 13.2 Å². The summed E-state index contributed by atoms with van der Waals surface area (Å²) < 4.78 is 4.98. The van der Waals surface area contributed by atoms with E-state index >= 15 is 0 Å². The number of nitrogens with zero attached hydrogens (tertiary/aromatic N) is 1. The fourth-order valence-electron chi connectivity index (χ4n) is 1.30. The monoisotopic (exact) mass is 215 g/mol. The second kappa shape index (κ2) is 7.43. The van der Waals surface area contributed by atoms with Crippen molar-refractivity contribution in [2.24, 2.45) is 5.92 Å². The maximum Gasteiger partial charge on any atom is 0.307 e. The molecule has 0 aliphatic rings. The number of hydrogen-bond acceptors (Lipinski definition) is 3. The van der Waals surface area contributed by atoms with Crippen LogP contribution < -0.4 is 0 Å². The summed E-state index contributed by atoms with van der Waals surface area (Å²) in [7, 11) is 1.64. The maximum absolute atomic E-state index is 10.7. The smallest absolute Gasteiger partial charge is 0.307 e. The number of rotatable bonds is 8. The first kappa shape index (κ1) is 14.1. The van der Waals surface area contributed by atoms with Gasteiger partial charge in [0.1, 0.15) is 0 Å². The van der Waals surface area contributed by atoms with Crippen LogP contribution >= 0.6 is 0 Å². The molecule has 0 aromatic rings. The van der Waals surface area contributed by atoms with Crippen LogP contribution in [0.15, 0.2) is 12.2 Å². The van der Waals surface area contributed by atoms with Crippen LogP contribution in [0.5, 0.6) is 0 Å². The Balaban J connectivity index is 4.10.